The largest absolute Gasteiger partial charge is 0.469 e. The number of carbonyl (C=O) groups is 1. The molecular weight excluding hydrogens is 228 g/mol. The summed E-state index contributed by atoms with van der Waals surface area (Å²) < 4.78 is 4.71. The minimum atomic E-state index is -0.775. The van der Waals surface area contributed by atoms with Gasteiger partial charge in [-0.15, -0.1) is 12.4 Å². The third-order valence-electron chi connectivity index (χ3n) is 2.50. The van der Waals surface area contributed by atoms with Crippen molar-refractivity contribution >= 4 is 18.4 Å². The molecule has 0 amide bonds. The molecule has 0 aliphatic carbocycles. The molecule has 0 aliphatic rings. The predicted octanol–water partition coefficient (Wildman–Crippen LogP) is 1.70. The molecule has 5 heteroatoms. The lowest BCUT2D eigenvalue weighted by Gasteiger charge is -2.27. The molecule has 0 saturated heterocycles. The van der Waals surface area contributed by atoms with Crippen LogP contribution in [0.1, 0.15) is 25.6 Å². The number of esters is 1. The van der Waals surface area contributed by atoms with Crippen LogP contribution >= 0.6 is 12.4 Å². The topological polar surface area (TPSA) is 65.2 Å². The van der Waals surface area contributed by atoms with E-state index in [4.69, 9.17) is 10.5 Å². The first-order valence-corrected chi connectivity index (χ1v) is 4.75. The van der Waals surface area contributed by atoms with Crippen molar-refractivity contribution in [1.82, 2.24) is 4.98 Å². The van der Waals surface area contributed by atoms with Crippen LogP contribution in [0.25, 0.3) is 0 Å². The zero-order chi connectivity index (χ0) is 11.5. The number of pyridine rings is 1. The van der Waals surface area contributed by atoms with Crippen LogP contribution in [0.2, 0.25) is 0 Å². The Balaban J connectivity index is 0.00000225. The number of aromatic nitrogens is 1. The molecule has 0 fully saturated rings. The maximum atomic E-state index is 11.5. The maximum absolute atomic E-state index is 11.5. The zero-order valence-electron chi connectivity index (χ0n) is 9.64. The quantitative estimate of drug-likeness (QED) is 0.822. The maximum Gasteiger partial charge on any atom is 0.313 e. The van der Waals surface area contributed by atoms with E-state index in [0.29, 0.717) is 5.69 Å². The Morgan fingerprint density at radius 1 is 1.50 bits per heavy atom. The molecule has 0 unspecified atom stereocenters. The van der Waals surface area contributed by atoms with Crippen molar-refractivity contribution < 1.29 is 9.53 Å². The smallest absolute Gasteiger partial charge is 0.313 e. The van der Waals surface area contributed by atoms with Crippen molar-refractivity contribution in [2.45, 2.75) is 19.9 Å². The Hall–Kier alpha value is -1.13. The van der Waals surface area contributed by atoms with E-state index in [1.54, 1.807) is 32.2 Å². The van der Waals surface area contributed by atoms with Gasteiger partial charge in [-0.1, -0.05) is 6.07 Å². The number of ether oxygens (including phenoxy) is 1. The van der Waals surface area contributed by atoms with E-state index in [-0.39, 0.29) is 18.4 Å². The van der Waals surface area contributed by atoms with Crippen LogP contribution in [-0.4, -0.2) is 18.1 Å². The Kier molecular flexibility index (Phi) is 5.41. The van der Waals surface area contributed by atoms with Crippen LogP contribution in [0, 0.1) is 5.41 Å². The lowest BCUT2D eigenvalue weighted by molar-refractivity contribution is -0.152. The highest BCUT2D eigenvalue weighted by Crippen LogP contribution is 2.31. The van der Waals surface area contributed by atoms with Gasteiger partial charge in [0.05, 0.1) is 24.3 Å². The summed E-state index contributed by atoms with van der Waals surface area (Å²) in [5.74, 6) is -0.333. The summed E-state index contributed by atoms with van der Waals surface area (Å²) in [6, 6.07) is 4.98. The van der Waals surface area contributed by atoms with Gasteiger partial charge in [0.25, 0.3) is 0 Å². The first-order valence-electron chi connectivity index (χ1n) is 4.75. The van der Waals surface area contributed by atoms with Gasteiger partial charge in [0.2, 0.25) is 0 Å². The fourth-order valence-corrected chi connectivity index (χ4v) is 1.32. The van der Waals surface area contributed by atoms with Gasteiger partial charge in [-0.25, -0.2) is 0 Å². The molecule has 16 heavy (non-hydrogen) atoms. The molecule has 0 aliphatic heterocycles. The predicted molar refractivity (Wildman–Crippen MR) is 64.2 cm³/mol. The van der Waals surface area contributed by atoms with Crippen LogP contribution in [0.5, 0.6) is 0 Å². The highest BCUT2D eigenvalue weighted by Gasteiger charge is 2.37. The fourth-order valence-electron chi connectivity index (χ4n) is 1.32. The first kappa shape index (κ1) is 14.9. The summed E-state index contributed by atoms with van der Waals surface area (Å²) in [7, 11) is 1.36. The summed E-state index contributed by atoms with van der Waals surface area (Å²) >= 11 is 0. The molecule has 1 atom stereocenters. The van der Waals surface area contributed by atoms with Gasteiger partial charge in [-0.05, 0) is 26.0 Å². The van der Waals surface area contributed by atoms with E-state index < -0.39 is 11.5 Å². The number of hydrogen-bond acceptors (Lipinski definition) is 4. The third kappa shape index (κ3) is 2.93. The molecule has 0 spiro atoms. The zero-order valence-corrected chi connectivity index (χ0v) is 10.5. The average molecular weight is 245 g/mol. The second-order valence-electron chi connectivity index (χ2n) is 3.95. The Bertz CT molecular complexity index is 341. The standard InChI is InChI=1S/C11H16N2O2.ClH/c1-11(2,10(14)15-3)9(12)8-6-4-5-7-13-8;/h4-7,9H,12H2,1-3H3;1H/t9-;/m0./s1. The minimum absolute atomic E-state index is 0. The third-order valence-corrected chi connectivity index (χ3v) is 2.50. The Labute approximate surface area is 102 Å². The van der Waals surface area contributed by atoms with Crippen LogP contribution in [0.4, 0.5) is 0 Å². The number of carbonyl (C=O) groups excluding carboxylic acids is 1. The molecule has 1 heterocycles. The van der Waals surface area contributed by atoms with E-state index in [0.717, 1.165) is 0 Å². The molecule has 0 aromatic carbocycles. The van der Waals surface area contributed by atoms with Crippen LogP contribution in [0.3, 0.4) is 0 Å². The van der Waals surface area contributed by atoms with Gasteiger partial charge in [0.1, 0.15) is 0 Å². The number of rotatable bonds is 3. The van der Waals surface area contributed by atoms with Gasteiger partial charge in [0.15, 0.2) is 0 Å². The molecule has 90 valence electrons. The number of methoxy groups -OCH3 is 1. The van der Waals surface area contributed by atoms with Gasteiger partial charge >= 0.3 is 5.97 Å². The second-order valence-corrected chi connectivity index (χ2v) is 3.95. The van der Waals surface area contributed by atoms with Gasteiger partial charge in [-0.3, -0.25) is 9.78 Å². The van der Waals surface area contributed by atoms with Crippen molar-refractivity contribution in [3.63, 3.8) is 0 Å². The molecule has 0 bridgehead atoms. The summed E-state index contributed by atoms with van der Waals surface area (Å²) in [6.45, 7) is 3.50. The minimum Gasteiger partial charge on any atom is -0.469 e. The van der Waals surface area contributed by atoms with Crippen LogP contribution in [-0.2, 0) is 9.53 Å². The summed E-state index contributed by atoms with van der Waals surface area (Å²) in [5, 5.41) is 0. The Morgan fingerprint density at radius 3 is 2.56 bits per heavy atom. The molecule has 4 nitrogen and oxygen atoms in total. The summed E-state index contributed by atoms with van der Waals surface area (Å²) in [4.78, 5) is 15.6. The molecular formula is C11H17ClN2O2. The first-order chi connectivity index (χ1) is 7.00. The van der Waals surface area contributed by atoms with E-state index in [1.165, 1.54) is 7.11 Å². The van der Waals surface area contributed by atoms with Gasteiger partial charge in [-0.2, -0.15) is 0 Å². The number of hydrogen-bond donors (Lipinski definition) is 1. The number of nitrogens with zero attached hydrogens (tertiary/aromatic N) is 1. The van der Waals surface area contributed by atoms with Crippen LogP contribution in [0.15, 0.2) is 24.4 Å². The number of nitrogens with two attached hydrogens (primary N) is 1. The van der Waals surface area contributed by atoms with Crippen molar-refractivity contribution in [2.24, 2.45) is 11.1 Å². The van der Waals surface area contributed by atoms with Gasteiger partial charge < -0.3 is 10.5 Å². The SMILES string of the molecule is COC(=O)C(C)(C)[C@@H](N)c1ccccn1.Cl. The van der Waals surface area contributed by atoms with Crippen molar-refractivity contribution in [2.75, 3.05) is 7.11 Å². The molecule has 1 aromatic heterocycles. The average Bonchev–Trinajstić information content (AvgIpc) is 2.28. The molecule has 1 aromatic rings. The van der Waals surface area contributed by atoms with E-state index in [2.05, 4.69) is 4.98 Å². The normalized spacial score (nSPS) is 12.5. The highest BCUT2D eigenvalue weighted by atomic mass is 35.5. The van der Waals surface area contributed by atoms with E-state index in [9.17, 15) is 4.79 Å². The monoisotopic (exact) mass is 244 g/mol. The summed E-state index contributed by atoms with van der Waals surface area (Å²) in [5.41, 5.74) is 5.90. The molecule has 2 N–H and O–H groups in total. The molecule has 1 rings (SSSR count). The number of halogens is 1. The van der Waals surface area contributed by atoms with Crippen LogP contribution < -0.4 is 5.73 Å². The van der Waals surface area contributed by atoms with Crippen molar-refractivity contribution in [1.29, 1.82) is 0 Å². The van der Waals surface area contributed by atoms with Crippen molar-refractivity contribution in [3.8, 4) is 0 Å². The lowest BCUT2D eigenvalue weighted by atomic mass is 9.83. The second kappa shape index (κ2) is 5.82. The highest BCUT2D eigenvalue weighted by molar-refractivity contribution is 5.85. The Morgan fingerprint density at radius 2 is 2.12 bits per heavy atom. The van der Waals surface area contributed by atoms with Gasteiger partial charge in [0, 0.05) is 6.20 Å². The molecule has 0 radical (unpaired) electrons. The fraction of sp³-hybridized carbons (Fsp3) is 0.455. The van der Waals surface area contributed by atoms with E-state index in [1.807, 2.05) is 6.07 Å². The van der Waals surface area contributed by atoms with E-state index >= 15 is 0 Å². The summed E-state index contributed by atoms with van der Waals surface area (Å²) in [6.07, 6.45) is 1.66. The lowest BCUT2D eigenvalue weighted by Crippen LogP contribution is -2.37. The van der Waals surface area contributed by atoms with Crippen molar-refractivity contribution in [3.05, 3.63) is 30.1 Å². The molecule has 0 saturated carbocycles.